The normalized spacial score (nSPS) is 12.4. The molecule has 0 spiro atoms. The predicted octanol–water partition coefficient (Wildman–Crippen LogP) is 3.40. The summed E-state index contributed by atoms with van der Waals surface area (Å²) in [6.45, 7) is 10.5. The first-order valence-corrected chi connectivity index (χ1v) is 8.89. The van der Waals surface area contributed by atoms with Crippen LogP contribution >= 0.6 is 24.0 Å². The molecule has 25 heavy (non-hydrogen) atoms. The highest BCUT2D eigenvalue weighted by molar-refractivity contribution is 14.0. The van der Waals surface area contributed by atoms with Gasteiger partial charge in [-0.25, -0.2) is 0 Å². The monoisotopic (exact) mass is 464 g/mol. The van der Waals surface area contributed by atoms with Gasteiger partial charge in [-0.1, -0.05) is 26.7 Å². The van der Waals surface area contributed by atoms with Crippen molar-refractivity contribution in [2.75, 3.05) is 19.6 Å². The molecule has 0 aromatic carbocycles. The number of aliphatic imine (C=N–C) groups is 1. The summed E-state index contributed by atoms with van der Waals surface area (Å²) in [6, 6.07) is 3.71. The molecular weight excluding hydrogens is 431 g/mol. The number of halogens is 1. The van der Waals surface area contributed by atoms with Gasteiger partial charge in [-0.3, -0.25) is 9.79 Å². The van der Waals surface area contributed by atoms with Gasteiger partial charge in [0.15, 0.2) is 11.7 Å². The van der Waals surface area contributed by atoms with Crippen molar-refractivity contribution in [3.05, 3.63) is 24.2 Å². The van der Waals surface area contributed by atoms with E-state index in [0.29, 0.717) is 24.9 Å². The number of nitrogens with zero attached hydrogens (tertiary/aromatic N) is 1. The second-order valence-electron chi connectivity index (χ2n) is 6.36. The molecule has 0 saturated heterocycles. The van der Waals surface area contributed by atoms with E-state index in [2.05, 4.69) is 41.7 Å². The maximum atomic E-state index is 11.7. The fourth-order valence-corrected chi connectivity index (χ4v) is 2.29. The summed E-state index contributed by atoms with van der Waals surface area (Å²) in [6.07, 6.45) is 5.07. The van der Waals surface area contributed by atoms with E-state index >= 15 is 0 Å². The van der Waals surface area contributed by atoms with Crippen LogP contribution in [0, 0.1) is 5.92 Å². The molecule has 1 unspecified atom stereocenters. The smallest absolute Gasteiger partial charge is 0.287 e. The Morgan fingerprint density at radius 1 is 1.24 bits per heavy atom. The summed E-state index contributed by atoms with van der Waals surface area (Å²) in [5.41, 5.74) is 0. The van der Waals surface area contributed by atoms with Gasteiger partial charge in [0.05, 0.1) is 12.8 Å². The van der Waals surface area contributed by atoms with Crippen LogP contribution in [0.1, 0.15) is 57.5 Å². The predicted molar refractivity (Wildman–Crippen MR) is 114 cm³/mol. The van der Waals surface area contributed by atoms with E-state index in [1.807, 2.05) is 6.92 Å². The Balaban J connectivity index is 0.00000576. The van der Waals surface area contributed by atoms with Crippen molar-refractivity contribution in [1.29, 1.82) is 0 Å². The lowest BCUT2D eigenvalue weighted by Crippen LogP contribution is -2.42. The summed E-state index contributed by atoms with van der Waals surface area (Å²) in [4.78, 5) is 16.2. The molecule has 0 saturated carbocycles. The van der Waals surface area contributed by atoms with Gasteiger partial charge < -0.3 is 20.4 Å². The van der Waals surface area contributed by atoms with Gasteiger partial charge in [-0.2, -0.15) is 0 Å². The second kappa shape index (κ2) is 14.0. The molecule has 7 heteroatoms. The van der Waals surface area contributed by atoms with Crippen molar-refractivity contribution in [3.8, 4) is 0 Å². The number of carbonyl (C=O) groups excluding carboxylic acids is 1. The second-order valence-corrected chi connectivity index (χ2v) is 6.36. The quantitative estimate of drug-likeness (QED) is 0.215. The molecule has 0 bridgehead atoms. The van der Waals surface area contributed by atoms with Gasteiger partial charge in [0, 0.05) is 19.1 Å². The van der Waals surface area contributed by atoms with Crippen molar-refractivity contribution in [2.24, 2.45) is 10.9 Å². The number of hydrogen-bond acceptors (Lipinski definition) is 3. The molecule has 0 aliphatic heterocycles. The van der Waals surface area contributed by atoms with E-state index in [0.717, 1.165) is 24.8 Å². The molecular formula is C18H33IN4O2. The Morgan fingerprint density at radius 3 is 2.60 bits per heavy atom. The highest BCUT2D eigenvalue weighted by Crippen LogP contribution is 2.08. The first-order valence-electron chi connectivity index (χ1n) is 8.89. The lowest BCUT2D eigenvalue weighted by Gasteiger charge is -2.18. The molecule has 0 aliphatic carbocycles. The molecule has 0 radical (unpaired) electrons. The third-order valence-corrected chi connectivity index (χ3v) is 3.56. The summed E-state index contributed by atoms with van der Waals surface area (Å²) in [5.74, 6) is 1.65. The topological polar surface area (TPSA) is 78.7 Å². The van der Waals surface area contributed by atoms with E-state index in [1.165, 1.54) is 19.1 Å². The average molecular weight is 464 g/mol. The lowest BCUT2D eigenvalue weighted by atomic mass is 10.0. The van der Waals surface area contributed by atoms with E-state index in [-0.39, 0.29) is 29.9 Å². The van der Waals surface area contributed by atoms with E-state index in [9.17, 15) is 4.79 Å². The van der Waals surface area contributed by atoms with Crippen LogP contribution in [-0.2, 0) is 0 Å². The number of carbonyl (C=O) groups is 1. The molecule has 144 valence electrons. The van der Waals surface area contributed by atoms with Crippen LogP contribution < -0.4 is 16.0 Å². The maximum Gasteiger partial charge on any atom is 0.287 e. The molecule has 1 aromatic rings. The van der Waals surface area contributed by atoms with Crippen molar-refractivity contribution in [2.45, 2.75) is 53.0 Å². The molecule has 6 nitrogen and oxygen atoms in total. The molecule has 1 heterocycles. The third-order valence-electron chi connectivity index (χ3n) is 3.56. The molecule has 1 atom stereocenters. The highest BCUT2D eigenvalue weighted by atomic mass is 127. The van der Waals surface area contributed by atoms with Crippen LogP contribution in [0.5, 0.6) is 0 Å². The third kappa shape index (κ3) is 11.1. The summed E-state index contributed by atoms with van der Waals surface area (Å²) >= 11 is 0. The Kier molecular flexibility index (Phi) is 13.3. The standard InChI is InChI=1S/C18H32N4O2.HI/c1-5-19-18(22-15(4)9-6-8-14(2)3)21-12-11-20-17(23)16-10-7-13-24-16;/h7,10,13-15H,5-6,8-9,11-12H2,1-4H3,(H,20,23)(H2,19,21,22);1H. The SMILES string of the molecule is CCNC(=NCCNC(=O)c1ccco1)NC(C)CCCC(C)C.I. The van der Waals surface area contributed by atoms with Crippen molar-refractivity contribution < 1.29 is 9.21 Å². The zero-order valence-corrected chi connectivity index (χ0v) is 18.1. The summed E-state index contributed by atoms with van der Waals surface area (Å²) in [7, 11) is 0. The molecule has 1 aromatic heterocycles. The van der Waals surface area contributed by atoms with E-state index in [4.69, 9.17) is 4.42 Å². The Morgan fingerprint density at radius 2 is 2.00 bits per heavy atom. The van der Waals surface area contributed by atoms with Crippen molar-refractivity contribution in [1.82, 2.24) is 16.0 Å². The number of amides is 1. The molecule has 1 amide bonds. The van der Waals surface area contributed by atoms with Gasteiger partial charge in [0.1, 0.15) is 0 Å². The summed E-state index contributed by atoms with van der Waals surface area (Å²) in [5, 5.41) is 9.44. The lowest BCUT2D eigenvalue weighted by molar-refractivity contribution is 0.0927. The highest BCUT2D eigenvalue weighted by Gasteiger charge is 2.08. The van der Waals surface area contributed by atoms with Crippen molar-refractivity contribution >= 4 is 35.8 Å². The largest absolute Gasteiger partial charge is 0.459 e. The minimum atomic E-state index is -0.213. The first-order chi connectivity index (χ1) is 11.5. The Bertz CT molecular complexity index is 489. The first kappa shape index (κ1) is 23.8. The number of rotatable bonds is 10. The van der Waals surface area contributed by atoms with E-state index < -0.39 is 0 Å². The number of guanidine groups is 1. The number of furan rings is 1. The van der Waals surface area contributed by atoms with E-state index in [1.54, 1.807) is 12.1 Å². The van der Waals surface area contributed by atoms with Gasteiger partial charge in [0.25, 0.3) is 5.91 Å². The molecule has 3 N–H and O–H groups in total. The number of nitrogens with one attached hydrogen (secondary N) is 3. The minimum absolute atomic E-state index is 0. The number of hydrogen-bond donors (Lipinski definition) is 3. The van der Waals surface area contributed by atoms with Crippen LogP contribution in [0.3, 0.4) is 0 Å². The van der Waals surface area contributed by atoms with Gasteiger partial charge in [-0.05, 0) is 38.3 Å². The summed E-state index contributed by atoms with van der Waals surface area (Å²) < 4.78 is 5.05. The van der Waals surface area contributed by atoms with Crippen LogP contribution in [-0.4, -0.2) is 37.5 Å². The Hall–Kier alpha value is -1.25. The van der Waals surface area contributed by atoms with Gasteiger partial charge in [-0.15, -0.1) is 24.0 Å². The molecule has 0 fully saturated rings. The maximum absolute atomic E-state index is 11.7. The fourth-order valence-electron chi connectivity index (χ4n) is 2.29. The Labute approximate surface area is 168 Å². The average Bonchev–Trinajstić information content (AvgIpc) is 3.05. The molecule has 1 rings (SSSR count). The minimum Gasteiger partial charge on any atom is -0.459 e. The van der Waals surface area contributed by atoms with Crippen LogP contribution in [0.2, 0.25) is 0 Å². The van der Waals surface area contributed by atoms with Crippen LogP contribution in [0.15, 0.2) is 27.8 Å². The zero-order chi connectivity index (χ0) is 17.8. The molecule has 0 aliphatic rings. The van der Waals surface area contributed by atoms with Gasteiger partial charge in [0.2, 0.25) is 0 Å². The zero-order valence-electron chi connectivity index (χ0n) is 15.8. The van der Waals surface area contributed by atoms with Crippen molar-refractivity contribution in [3.63, 3.8) is 0 Å². The van der Waals surface area contributed by atoms with Gasteiger partial charge >= 0.3 is 0 Å². The van der Waals surface area contributed by atoms with Crippen LogP contribution in [0.25, 0.3) is 0 Å². The fraction of sp³-hybridized carbons (Fsp3) is 0.667. The van der Waals surface area contributed by atoms with Crippen LogP contribution in [0.4, 0.5) is 0 Å².